The highest BCUT2D eigenvalue weighted by Crippen LogP contribution is 2.22. The number of aromatic nitrogens is 2. The molecule has 6 nitrogen and oxygen atoms in total. The molecule has 1 atom stereocenters. The number of hydrogen-bond donors (Lipinski definition) is 2. The summed E-state index contributed by atoms with van der Waals surface area (Å²) in [4.78, 5) is 23.8. The van der Waals surface area contributed by atoms with E-state index < -0.39 is 6.04 Å². The number of hydrogen-bond acceptors (Lipinski definition) is 5. The molecular weight excluding hydrogens is 300 g/mol. The minimum absolute atomic E-state index is 0.0516. The van der Waals surface area contributed by atoms with Crippen molar-refractivity contribution in [1.29, 1.82) is 0 Å². The van der Waals surface area contributed by atoms with Crippen LogP contribution in [0.4, 0.5) is 5.69 Å². The van der Waals surface area contributed by atoms with E-state index in [0.717, 1.165) is 23.4 Å². The molecule has 2 N–H and O–H groups in total. The van der Waals surface area contributed by atoms with Gasteiger partial charge in [0.25, 0.3) is 0 Å². The Morgan fingerprint density at radius 3 is 2.82 bits per heavy atom. The zero-order valence-corrected chi connectivity index (χ0v) is 12.7. The van der Waals surface area contributed by atoms with Crippen molar-refractivity contribution in [2.75, 3.05) is 5.32 Å². The number of anilines is 1. The van der Waals surface area contributed by atoms with E-state index >= 15 is 0 Å². The van der Waals surface area contributed by atoms with Crippen molar-refractivity contribution in [2.45, 2.75) is 31.7 Å². The number of rotatable bonds is 3. The first kappa shape index (κ1) is 14.6. The van der Waals surface area contributed by atoms with Crippen molar-refractivity contribution >= 4 is 28.8 Å². The molecule has 3 rings (SSSR count). The normalized spacial score (nSPS) is 18.4. The van der Waals surface area contributed by atoms with Crippen molar-refractivity contribution in [3.8, 4) is 10.6 Å². The smallest absolute Gasteiger partial charge is 0.246 e. The quantitative estimate of drug-likeness (QED) is 0.909. The Morgan fingerprint density at radius 1 is 1.27 bits per heavy atom. The molecule has 114 valence electrons. The van der Waals surface area contributed by atoms with E-state index in [0.29, 0.717) is 18.5 Å². The lowest BCUT2D eigenvalue weighted by Gasteiger charge is -2.15. The van der Waals surface area contributed by atoms with Gasteiger partial charge in [0.2, 0.25) is 11.8 Å². The Hall–Kier alpha value is -2.28. The summed E-state index contributed by atoms with van der Waals surface area (Å²) in [5.41, 5.74) is 3.35. The first-order valence-electron chi connectivity index (χ1n) is 7.19. The summed E-state index contributed by atoms with van der Waals surface area (Å²) in [6.45, 7) is 0. The first-order chi connectivity index (χ1) is 10.7. The van der Waals surface area contributed by atoms with Crippen molar-refractivity contribution in [1.82, 2.24) is 15.5 Å². The summed E-state index contributed by atoms with van der Waals surface area (Å²) < 4.78 is 0. The van der Waals surface area contributed by atoms with Crippen LogP contribution in [-0.4, -0.2) is 28.1 Å². The number of carbonyl (C=O) groups is 2. The van der Waals surface area contributed by atoms with Gasteiger partial charge in [-0.1, -0.05) is 17.8 Å². The first-order valence-corrected chi connectivity index (χ1v) is 8.07. The average Bonchev–Trinajstić information content (AvgIpc) is 2.97. The van der Waals surface area contributed by atoms with Crippen LogP contribution in [0.15, 0.2) is 29.8 Å². The van der Waals surface area contributed by atoms with E-state index in [4.69, 9.17) is 0 Å². The van der Waals surface area contributed by atoms with Gasteiger partial charge in [0.1, 0.15) is 16.6 Å². The number of amides is 2. The molecular formula is C15H16N4O2S. The monoisotopic (exact) mass is 316 g/mol. The zero-order chi connectivity index (χ0) is 15.4. The topological polar surface area (TPSA) is 84.0 Å². The van der Waals surface area contributed by atoms with Crippen molar-refractivity contribution in [2.24, 2.45) is 0 Å². The minimum Gasteiger partial charge on any atom is -0.344 e. The Balaban J connectivity index is 1.65. The van der Waals surface area contributed by atoms with Gasteiger partial charge in [-0.25, -0.2) is 0 Å². The molecule has 2 aromatic rings. The van der Waals surface area contributed by atoms with E-state index in [1.54, 1.807) is 5.51 Å². The second kappa shape index (κ2) is 6.65. The fourth-order valence-electron chi connectivity index (χ4n) is 2.39. The van der Waals surface area contributed by atoms with E-state index in [9.17, 15) is 9.59 Å². The van der Waals surface area contributed by atoms with Gasteiger partial charge in [-0.3, -0.25) is 9.59 Å². The van der Waals surface area contributed by atoms with Gasteiger partial charge in [-0.05, 0) is 37.1 Å². The summed E-state index contributed by atoms with van der Waals surface area (Å²) in [6.07, 6.45) is 2.90. The largest absolute Gasteiger partial charge is 0.344 e. The number of carbonyl (C=O) groups excluding carboxylic acids is 2. The molecule has 1 aromatic heterocycles. The SMILES string of the molecule is O=C1CCCCC(C(=O)Nc2ccc(-c3nncs3)cc2)N1. The molecule has 1 saturated heterocycles. The zero-order valence-electron chi connectivity index (χ0n) is 11.9. The molecule has 2 amide bonds. The van der Waals surface area contributed by atoms with Crippen LogP contribution in [0.2, 0.25) is 0 Å². The third-order valence-electron chi connectivity index (χ3n) is 3.56. The van der Waals surface area contributed by atoms with E-state index in [2.05, 4.69) is 20.8 Å². The van der Waals surface area contributed by atoms with Crippen LogP contribution >= 0.6 is 11.3 Å². The predicted octanol–water partition coefficient (Wildman–Crippen LogP) is 2.20. The van der Waals surface area contributed by atoms with Gasteiger partial charge < -0.3 is 10.6 Å². The molecule has 1 aromatic carbocycles. The fraction of sp³-hybridized carbons (Fsp3) is 0.333. The maximum Gasteiger partial charge on any atom is 0.246 e. The molecule has 1 aliphatic rings. The van der Waals surface area contributed by atoms with Gasteiger partial charge >= 0.3 is 0 Å². The molecule has 1 aliphatic heterocycles. The summed E-state index contributed by atoms with van der Waals surface area (Å²) in [5.74, 6) is -0.219. The third-order valence-corrected chi connectivity index (χ3v) is 4.30. The van der Waals surface area contributed by atoms with Gasteiger partial charge in [-0.2, -0.15) is 0 Å². The van der Waals surface area contributed by atoms with Crippen molar-refractivity contribution < 1.29 is 9.59 Å². The Kier molecular flexibility index (Phi) is 4.43. The summed E-state index contributed by atoms with van der Waals surface area (Å²) in [6, 6.07) is 6.99. The lowest BCUT2D eigenvalue weighted by atomic mass is 10.1. The molecule has 1 fully saturated rings. The van der Waals surface area contributed by atoms with Crippen LogP contribution < -0.4 is 10.6 Å². The molecule has 2 heterocycles. The molecule has 0 bridgehead atoms. The molecule has 0 spiro atoms. The summed E-state index contributed by atoms with van der Waals surface area (Å²) in [7, 11) is 0. The summed E-state index contributed by atoms with van der Waals surface area (Å²) in [5, 5.41) is 14.3. The second-order valence-electron chi connectivity index (χ2n) is 5.18. The van der Waals surface area contributed by atoms with Crippen LogP contribution in [0.1, 0.15) is 25.7 Å². The van der Waals surface area contributed by atoms with Crippen LogP contribution in [0.3, 0.4) is 0 Å². The van der Waals surface area contributed by atoms with E-state index in [1.807, 2.05) is 24.3 Å². The van der Waals surface area contributed by atoms with Gasteiger partial charge in [-0.15, -0.1) is 10.2 Å². The predicted molar refractivity (Wildman–Crippen MR) is 84.4 cm³/mol. The molecule has 1 unspecified atom stereocenters. The van der Waals surface area contributed by atoms with Gasteiger partial charge in [0.05, 0.1) is 0 Å². The van der Waals surface area contributed by atoms with Crippen LogP contribution in [0, 0.1) is 0 Å². The van der Waals surface area contributed by atoms with Crippen LogP contribution in [0.5, 0.6) is 0 Å². The molecule has 0 aliphatic carbocycles. The van der Waals surface area contributed by atoms with Gasteiger partial charge in [0, 0.05) is 17.7 Å². The lowest BCUT2D eigenvalue weighted by Crippen LogP contribution is -2.42. The maximum atomic E-state index is 12.2. The summed E-state index contributed by atoms with van der Waals surface area (Å²) >= 11 is 1.46. The highest BCUT2D eigenvalue weighted by Gasteiger charge is 2.23. The van der Waals surface area contributed by atoms with E-state index in [1.165, 1.54) is 11.3 Å². The van der Waals surface area contributed by atoms with E-state index in [-0.39, 0.29) is 11.8 Å². The maximum absolute atomic E-state index is 12.2. The Labute approximate surface area is 132 Å². The molecule has 22 heavy (non-hydrogen) atoms. The number of benzene rings is 1. The number of nitrogens with zero attached hydrogens (tertiary/aromatic N) is 2. The molecule has 7 heteroatoms. The molecule has 0 saturated carbocycles. The van der Waals surface area contributed by atoms with Gasteiger partial charge in [0.15, 0.2) is 0 Å². The lowest BCUT2D eigenvalue weighted by molar-refractivity contribution is -0.125. The third kappa shape index (κ3) is 3.48. The van der Waals surface area contributed by atoms with Crippen molar-refractivity contribution in [3.63, 3.8) is 0 Å². The molecule has 0 radical (unpaired) electrons. The fourth-order valence-corrected chi connectivity index (χ4v) is 2.95. The average molecular weight is 316 g/mol. The Bertz CT molecular complexity index is 655. The van der Waals surface area contributed by atoms with Crippen LogP contribution in [0.25, 0.3) is 10.6 Å². The highest BCUT2D eigenvalue weighted by atomic mass is 32.1. The minimum atomic E-state index is -0.446. The van der Waals surface area contributed by atoms with Crippen LogP contribution in [-0.2, 0) is 9.59 Å². The Morgan fingerprint density at radius 2 is 2.09 bits per heavy atom. The standard InChI is InChI=1S/C15H16N4O2S/c20-13-4-2-1-3-12(18-13)14(21)17-11-7-5-10(6-8-11)15-19-16-9-22-15/h5-9,12H,1-4H2,(H,17,21)(H,18,20). The second-order valence-corrected chi connectivity index (χ2v) is 6.01. The number of nitrogens with one attached hydrogen (secondary N) is 2. The van der Waals surface area contributed by atoms with Crippen molar-refractivity contribution in [3.05, 3.63) is 29.8 Å². The highest BCUT2D eigenvalue weighted by molar-refractivity contribution is 7.12.